The maximum atomic E-state index is 13.2. The van der Waals surface area contributed by atoms with Crippen molar-refractivity contribution < 1.29 is 13.9 Å². The van der Waals surface area contributed by atoms with Crippen LogP contribution in [0.15, 0.2) is 29.0 Å². The minimum absolute atomic E-state index is 0.320. The monoisotopic (exact) mass is 341 g/mol. The summed E-state index contributed by atoms with van der Waals surface area (Å²) in [5, 5.41) is 3.09. The highest BCUT2D eigenvalue weighted by Crippen LogP contribution is 2.27. The van der Waals surface area contributed by atoms with Crippen LogP contribution < -0.4 is 14.8 Å². The Balaban J connectivity index is 2.24. The van der Waals surface area contributed by atoms with Gasteiger partial charge in [0.25, 0.3) is 0 Å². The third-order valence-electron chi connectivity index (χ3n) is 2.64. The number of methoxy groups -OCH3 is 2. The first-order valence-corrected chi connectivity index (χ1v) is 6.55. The van der Waals surface area contributed by atoms with Gasteiger partial charge < -0.3 is 14.8 Å². The van der Waals surface area contributed by atoms with Gasteiger partial charge in [-0.3, -0.25) is 0 Å². The Morgan fingerprint density at radius 1 is 1.20 bits per heavy atom. The van der Waals surface area contributed by atoms with Gasteiger partial charge in [-0.05, 0) is 34.1 Å². The molecule has 2 rings (SSSR count). The lowest BCUT2D eigenvalue weighted by atomic mass is 10.2. The number of aromatic nitrogens is 2. The first-order chi connectivity index (χ1) is 9.65. The van der Waals surface area contributed by atoms with Crippen molar-refractivity contribution in [3.63, 3.8) is 0 Å². The zero-order chi connectivity index (χ0) is 14.5. The summed E-state index contributed by atoms with van der Waals surface area (Å²) < 4.78 is 24.3. The molecule has 0 unspecified atom stereocenters. The zero-order valence-corrected chi connectivity index (χ0v) is 12.6. The summed E-state index contributed by atoms with van der Waals surface area (Å²) in [4.78, 5) is 8.04. The van der Waals surface area contributed by atoms with Crippen LogP contribution in [0, 0.1) is 5.82 Å². The second kappa shape index (κ2) is 6.51. The largest absolute Gasteiger partial charge is 0.481 e. The molecule has 7 heteroatoms. The molecule has 0 saturated heterocycles. The predicted octanol–water partition coefficient (Wildman–Crippen LogP) is 3.01. The van der Waals surface area contributed by atoms with E-state index in [9.17, 15) is 4.39 Å². The number of hydrogen-bond donors (Lipinski definition) is 1. The number of nitrogens with zero attached hydrogens (tertiary/aromatic N) is 2. The molecule has 0 aliphatic heterocycles. The quantitative estimate of drug-likeness (QED) is 0.905. The maximum Gasteiger partial charge on any atom is 0.225 e. The van der Waals surface area contributed by atoms with Crippen LogP contribution in [0.2, 0.25) is 0 Å². The Hall–Kier alpha value is -1.89. The van der Waals surface area contributed by atoms with Crippen LogP contribution in [0.1, 0.15) is 5.56 Å². The van der Waals surface area contributed by atoms with Crippen LogP contribution in [-0.4, -0.2) is 24.2 Å². The second-order valence-corrected chi connectivity index (χ2v) is 4.70. The molecule has 1 aromatic carbocycles. The van der Waals surface area contributed by atoms with E-state index in [-0.39, 0.29) is 5.82 Å². The highest BCUT2D eigenvalue weighted by molar-refractivity contribution is 9.10. The molecule has 20 heavy (non-hydrogen) atoms. The fourth-order valence-corrected chi connectivity index (χ4v) is 2.09. The molecule has 0 spiro atoms. The Bertz CT molecular complexity index is 588. The molecule has 1 N–H and O–H groups in total. The molecular weight excluding hydrogens is 329 g/mol. The third-order valence-corrected chi connectivity index (χ3v) is 3.33. The highest BCUT2D eigenvalue weighted by atomic mass is 79.9. The van der Waals surface area contributed by atoms with Gasteiger partial charge in [-0.15, -0.1) is 0 Å². The van der Waals surface area contributed by atoms with Gasteiger partial charge >= 0.3 is 0 Å². The summed E-state index contributed by atoms with van der Waals surface area (Å²) in [6.07, 6.45) is 1.36. The van der Waals surface area contributed by atoms with Crippen molar-refractivity contribution in [2.75, 3.05) is 19.5 Å². The van der Waals surface area contributed by atoms with Gasteiger partial charge in [-0.1, -0.05) is 0 Å². The molecule has 106 valence electrons. The molecule has 2 aromatic rings. The summed E-state index contributed by atoms with van der Waals surface area (Å²) in [5.74, 6) is 0.507. The number of rotatable bonds is 5. The van der Waals surface area contributed by atoms with E-state index < -0.39 is 0 Å². The molecule has 0 saturated carbocycles. The topological polar surface area (TPSA) is 56.3 Å². The van der Waals surface area contributed by atoms with Crippen molar-refractivity contribution in [3.05, 3.63) is 40.4 Å². The summed E-state index contributed by atoms with van der Waals surface area (Å²) in [6, 6.07) is 4.41. The van der Waals surface area contributed by atoms with E-state index in [1.165, 1.54) is 32.7 Å². The zero-order valence-electron chi connectivity index (χ0n) is 11.0. The van der Waals surface area contributed by atoms with Gasteiger partial charge in [0, 0.05) is 4.47 Å². The molecule has 1 heterocycles. The Morgan fingerprint density at radius 2 is 1.85 bits per heavy atom. The lowest BCUT2D eigenvalue weighted by Gasteiger charge is -2.13. The van der Waals surface area contributed by atoms with Gasteiger partial charge in [-0.2, -0.15) is 0 Å². The fourth-order valence-electron chi connectivity index (χ4n) is 1.70. The first kappa shape index (κ1) is 14.5. The standard InChI is InChI=1S/C13H13BrFN3O2/c1-19-12-9(13(20-2)18-7-17-12)6-16-11-5-8(15)3-4-10(11)14/h3-5,7,16H,6H2,1-2H3. The van der Waals surface area contributed by atoms with Crippen molar-refractivity contribution >= 4 is 21.6 Å². The van der Waals surface area contributed by atoms with Crippen molar-refractivity contribution in [3.8, 4) is 11.8 Å². The Kier molecular flexibility index (Phi) is 4.73. The van der Waals surface area contributed by atoms with Gasteiger partial charge in [0.15, 0.2) is 0 Å². The number of nitrogens with one attached hydrogen (secondary N) is 1. The Morgan fingerprint density at radius 3 is 2.45 bits per heavy atom. The van der Waals surface area contributed by atoms with Gasteiger partial charge in [0.05, 0.1) is 32.0 Å². The first-order valence-electron chi connectivity index (χ1n) is 5.76. The number of ether oxygens (including phenoxy) is 2. The normalized spacial score (nSPS) is 10.2. The number of benzene rings is 1. The summed E-state index contributed by atoms with van der Waals surface area (Å²) in [5.41, 5.74) is 1.28. The van der Waals surface area contributed by atoms with Crippen LogP contribution in [-0.2, 0) is 6.54 Å². The van der Waals surface area contributed by atoms with E-state index in [1.54, 1.807) is 6.07 Å². The van der Waals surface area contributed by atoms with Crippen LogP contribution in [0.3, 0.4) is 0 Å². The highest BCUT2D eigenvalue weighted by Gasteiger charge is 2.13. The summed E-state index contributed by atoms with van der Waals surface area (Å²) in [6.45, 7) is 0.342. The molecule has 1 aromatic heterocycles. The predicted molar refractivity (Wildman–Crippen MR) is 76.6 cm³/mol. The number of halogens is 2. The maximum absolute atomic E-state index is 13.2. The van der Waals surface area contributed by atoms with Crippen LogP contribution >= 0.6 is 15.9 Å². The van der Waals surface area contributed by atoms with Crippen LogP contribution in [0.5, 0.6) is 11.8 Å². The van der Waals surface area contributed by atoms with Crippen molar-refractivity contribution in [2.45, 2.75) is 6.54 Å². The third kappa shape index (κ3) is 3.16. The molecule has 0 aliphatic carbocycles. The minimum Gasteiger partial charge on any atom is -0.481 e. The summed E-state index contributed by atoms with van der Waals surface area (Å²) >= 11 is 3.35. The van der Waals surface area contributed by atoms with E-state index in [0.717, 1.165) is 4.47 Å². The van der Waals surface area contributed by atoms with E-state index in [1.807, 2.05) is 0 Å². The van der Waals surface area contributed by atoms with E-state index in [2.05, 4.69) is 31.2 Å². The van der Waals surface area contributed by atoms with Crippen molar-refractivity contribution in [1.29, 1.82) is 0 Å². The molecule has 0 amide bonds. The molecule has 0 atom stereocenters. The van der Waals surface area contributed by atoms with E-state index >= 15 is 0 Å². The van der Waals surface area contributed by atoms with Crippen LogP contribution in [0.4, 0.5) is 10.1 Å². The SMILES string of the molecule is COc1ncnc(OC)c1CNc1cc(F)ccc1Br. The van der Waals surface area contributed by atoms with E-state index in [4.69, 9.17) is 9.47 Å². The lowest BCUT2D eigenvalue weighted by Crippen LogP contribution is -2.07. The fraction of sp³-hybridized carbons (Fsp3) is 0.231. The molecular formula is C13H13BrFN3O2. The molecule has 5 nitrogen and oxygen atoms in total. The van der Waals surface area contributed by atoms with E-state index in [0.29, 0.717) is 29.6 Å². The average Bonchev–Trinajstić information content (AvgIpc) is 2.47. The number of anilines is 1. The molecule has 0 fully saturated rings. The average molecular weight is 342 g/mol. The minimum atomic E-state index is -0.320. The van der Waals surface area contributed by atoms with Crippen molar-refractivity contribution in [1.82, 2.24) is 9.97 Å². The molecule has 0 radical (unpaired) electrons. The molecule has 0 bridgehead atoms. The summed E-state index contributed by atoms with van der Waals surface area (Å²) in [7, 11) is 3.03. The Labute approximate surface area is 124 Å². The van der Waals surface area contributed by atoms with Gasteiger partial charge in [0.2, 0.25) is 11.8 Å². The van der Waals surface area contributed by atoms with Crippen molar-refractivity contribution in [2.24, 2.45) is 0 Å². The van der Waals surface area contributed by atoms with Gasteiger partial charge in [0.1, 0.15) is 12.1 Å². The van der Waals surface area contributed by atoms with Gasteiger partial charge in [-0.25, -0.2) is 14.4 Å². The second-order valence-electron chi connectivity index (χ2n) is 3.85. The lowest BCUT2D eigenvalue weighted by molar-refractivity contribution is 0.363. The number of hydrogen-bond acceptors (Lipinski definition) is 5. The van der Waals surface area contributed by atoms with Crippen LogP contribution in [0.25, 0.3) is 0 Å². The smallest absolute Gasteiger partial charge is 0.225 e. The molecule has 0 aliphatic rings.